The van der Waals surface area contributed by atoms with Gasteiger partial charge in [0.2, 0.25) is 0 Å². The summed E-state index contributed by atoms with van der Waals surface area (Å²) in [6.45, 7) is 1.75. The number of hydrogen-bond acceptors (Lipinski definition) is 4. The Hall–Kier alpha value is -1.24. The molecule has 5 nitrogen and oxygen atoms in total. The van der Waals surface area contributed by atoms with Gasteiger partial charge in [0.25, 0.3) is 0 Å². The summed E-state index contributed by atoms with van der Waals surface area (Å²) in [6, 6.07) is 5.54. The minimum Gasteiger partial charge on any atom is -0.481 e. The summed E-state index contributed by atoms with van der Waals surface area (Å²) in [5.41, 5.74) is 1.80. The fourth-order valence-corrected chi connectivity index (χ4v) is 3.00. The Morgan fingerprint density at radius 2 is 2.24 bits per heavy atom. The van der Waals surface area contributed by atoms with E-state index in [-0.39, 0.29) is 5.75 Å². The molecule has 1 heterocycles. The summed E-state index contributed by atoms with van der Waals surface area (Å²) in [5, 5.41) is 10.2. The zero-order chi connectivity index (χ0) is 15.4. The van der Waals surface area contributed by atoms with Crippen molar-refractivity contribution in [2.75, 3.05) is 26.4 Å². The van der Waals surface area contributed by atoms with Crippen molar-refractivity contribution < 1.29 is 9.90 Å². The van der Waals surface area contributed by atoms with Crippen LogP contribution < -0.4 is 0 Å². The van der Waals surface area contributed by atoms with Gasteiger partial charge in [0.15, 0.2) is 5.16 Å². The molecule has 0 aliphatic carbocycles. The predicted molar refractivity (Wildman–Crippen MR) is 86.3 cm³/mol. The minimum absolute atomic E-state index is 0.00470. The summed E-state index contributed by atoms with van der Waals surface area (Å²) < 4.78 is 2.05. The molecule has 0 fully saturated rings. The molecule has 0 saturated carbocycles. The van der Waals surface area contributed by atoms with Crippen LogP contribution in [-0.4, -0.2) is 51.9 Å². The number of nitrogens with zero attached hydrogens (tertiary/aromatic N) is 3. The lowest BCUT2D eigenvalue weighted by atomic mass is 10.3. The van der Waals surface area contributed by atoms with E-state index in [1.807, 2.05) is 26.2 Å². The van der Waals surface area contributed by atoms with E-state index in [1.165, 1.54) is 11.8 Å². The van der Waals surface area contributed by atoms with E-state index in [2.05, 4.69) is 14.5 Å². The Morgan fingerprint density at radius 3 is 2.90 bits per heavy atom. The minimum atomic E-state index is -0.843. The van der Waals surface area contributed by atoms with Gasteiger partial charge in [-0.05, 0) is 45.3 Å². The largest absolute Gasteiger partial charge is 0.481 e. The molecule has 1 N–H and O–H groups in total. The number of aliphatic carboxylic acids is 1. The molecule has 1 aromatic heterocycles. The van der Waals surface area contributed by atoms with Gasteiger partial charge in [-0.15, -0.1) is 0 Å². The van der Waals surface area contributed by atoms with E-state index in [4.69, 9.17) is 16.7 Å². The molecule has 0 unspecified atom stereocenters. The SMILES string of the molecule is CN(C)CCCn1c(SCC(=O)O)nc2ccc(Cl)cc21. The molecule has 2 aromatic rings. The fourth-order valence-electron chi connectivity index (χ4n) is 2.07. The van der Waals surface area contributed by atoms with Gasteiger partial charge in [0.05, 0.1) is 16.8 Å². The van der Waals surface area contributed by atoms with Gasteiger partial charge < -0.3 is 14.6 Å². The Balaban J connectivity index is 2.28. The van der Waals surface area contributed by atoms with E-state index in [9.17, 15) is 4.79 Å². The molecular formula is C14H18ClN3O2S. The van der Waals surface area contributed by atoms with Crippen molar-refractivity contribution >= 4 is 40.4 Å². The molecule has 7 heteroatoms. The summed E-state index contributed by atoms with van der Waals surface area (Å²) in [6.07, 6.45) is 0.964. The Bertz CT molecular complexity index is 642. The maximum Gasteiger partial charge on any atom is 0.313 e. The number of imidazole rings is 1. The number of carboxylic acid groups (broad SMARTS) is 1. The molecular weight excluding hydrogens is 310 g/mol. The van der Waals surface area contributed by atoms with Crippen LogP contribution in [0.5, 0.6) is 0 Å². The standard InChI is InChI=1S/C14H18ClN3O2S/c1-17(2)6-3-7-18-12-8-10(15)4-5-11(12)16-14(18)21-9-13(19)20/h4-5,8H,3,6-7,9H2,1-2H3,(H,19,20). The number of hydrogen-bond donors (Lipinski definition) is 1. The van der Waals surface area contributed by atoms with Crippen LogP contribution in [0, 0.1) is 0 Å². The molecule has 0 radical (unpaired) electrons. The van der Waals surface area contributed by atoms with Crippen molar-refractivity contribution in [3.63, 3.8) is 0 Å². The van der Waals surface area contributed by atoms with Crippen LogP contribution in [0.15, 0.2) is 23.4 Å². The van der Waals surface area contributed by atoms with Crippen molar-refractivity contribution in [3.05, 3.63) is 23.2 Å². The molecule has 21 heavy (non-hydrogen) atoms. The van der Waals surface area contributed by atoms with Gasteiger partial charge in [0, 0.05) is 11.6 Å². The lowest BCUT2D eigenvalue weighted by Crippen LogP contribution is -2.15. The Labute approximate surface area is 132 Å². The highest BCUT2D eigenvalue weighted by molar-refractivity contribution is 7.99. The van der Waals surface area contributed by atoms with Crippen molar-refractivity contribution in [3.8, 4) is 0 Å². The molecule has 0 atom stereocenters. The van der Waals surface area contributed by atoms with Gasteiger partial charge >= 0.3 is 5.97 Å². The number of rotatable bonds is 7. The van der Waals surface area contributed by atoms with Crippen LogP contribution in [0.1, 0.15) is 6.42 Å². The average Bonchev–Trinajstić information content (AvgIpc) is 2.74. The van der Waals surface area contributed by atoms with Crippen molar-refractivity contribution in [1.29, 1.82) is 0 Å². The quantitative estimate of drug-likeness (QED) is 0.792. The van der Waals surface area contributed by atoms with Gasteiger partial charge in [0.1, 0.15) is 0 Å². The first-order valence-electron chi connectivity index (χ1n) is 6.62. The van der Waals surface area contributed by atoms with E-state index in [1.54, 1.807) is 6.07 Å². The predicted octanol–water partition coefficient (Wildman–Crippen LogP) is 2.82. The third kappa shape index (κ3) is 4.36. The maximum absolute atomic E-state index is 10.8. The highest BCUT2D eigenvalue weighted by atomic mass is 35.5. The monoisotopic (exact) mass is 327 g/mol. The molecule has 0 amide bonds. The number of halogens is 1. The number of fused-ring (bicyclic) bond motifs is 1. The topological polar surface area (TPSA) is 58.4 Å². The molecule has 0 aliphatic heterocycles. The van der Waals surface area contributed by atoms with Crippen molar-refractivity contribution in [1.82, 2.24) is 14.5 Å². The van der Waals surface area contributed by atoms with Gasteiger partial charge in [-0.25, -0.2) is 4.98 Å². The molecule has 0 bridgehead atoms. The molecule has 1 aromatic carbocycles. The highest BCUT2D eigenvalue weighted by Gasteiger charge is 2.13. The van der Waals surface area contributed by atoms with E-state index in [0.29, 0.717) is 5.02 Å². The zero-order valence-corrected chi connectivity index (χ0v) is 13.6. The Kier molecular flexibility index (Phi) is 5.50. The van der Waals surface area contributed by atoms with E-state index in [0.717, 1.165) is 35.7 Å². The first-order valence-corrected chi connectivity index (χ1v) is 7.99. The number of aromatic nitrogens is 2. The molecule has 0 aliphatic rings. The smallest absolute Gasteiger partial charge is 0.313 e. The fraction of sp³-hybridized carbons (Fsp3) is 0.429. The number of thioether (sulfide) groups is 1. The van der Waals surface area contributed by atoms with E-state index < -0.39 is 5.97 Å². The molecule has 0 spiro atoms. The maximum atomic E-state index is 10.8. The zero-order valence-electron chi connectivity index (χ0n) is 12.0. The van der Waals surface area contributed by atoms with Crippen LogP contribution in [0.25, 0.3) is 11.0 Å². The van der Waals surface area contributed by atoms with Gasteiger partial charge in [-0.1, -0.05) is 23.4 Å². The van der Waals surface area contributed by atoms with Crippen LogP contribution >= 0.6 is 23.4 Å². The number of carboxylic acids is 1. The summed E-state index contributed by atoms with van der Waals surface area (Å²) in [4.78, 5) is 17.4. The second-order valence-electron chi connectivity index (χ2n) is 5.02. The van der Waals surface area contributed by atoms with Crippen LogP contribution in [-0.2, 0) is 11.3 Å². The van der Waals surface area contributed by atoms with Crippen LogP contribution in [0.3, 0.4) is 0 Å². The molecule has 2 rings (SSSR count). The highest BCUT2D eigenvalue weighted by Crippen LogP contribution is 2.26. The second kappa shape index (κ2) is 7.15. The average molecular weight is 328 g/mol. The normalized spacial score (nSPS) is 11.4. The van der Waals surface area contributed by atoms with Crippen molar-refractivity contribution in [2.45, 2.75) is 18.1 Å². The second-order valence-corrected chi connectivity index (χ2v) is 6.40. The Morgan fingerprint density at radius 1 is 1.48 bits per heavy atom. The van der Waals surface area contributed by atoms with Gasteiger partial charge in [-0.2, -0.15) is 0 Å². The molecule has 0 saturated heterocycles. The number of aryl methyl sites for hydroxylation is 1. The lowest BCUT2D eigenvalue weighted by molar-refractivity contribution is -0.133. The van der Waals surface area contributed by atoms with Crippen LogP contribution in [0.2, 0.25) is 5.02 Å². The van der Waals surface area contributed by atoms with Gasteiger partial charge in [-0.3, -0.25) is 4.79 Å². The van der Waals surface area contributed by atoms with Crippen LogP contribution in [0.4, 0.5) is 0 Å². The lowest BCUT2D eigenvalue weighted by Gasteiger charge is -2.12. The number of benzene rings is 1. The third-order valence-electron chi connectivity index (χ3n) is 2.99. The first kappa shape index (κ1) is 16.1. The third-order valence-corrected chi connectivity index (χ3v) is 4.18. The summed E-state index contributed by atoms with van der Waals surface area (Å²) in [7, 11) is 4.06. The van der Waals surface area contributed by atoms with E-state index >= 15 is 0 Å². The summed E-state index contributed by atoms with van der Waals surface area (Å²) in [5.74, 6) is -0.838. The summed E-state index contributed by atoms with van der Waals surface area (Å²) >= 11 is 7.30. The molecule has 114 valence electrons. The first-order chi connectivity index (χ1) is 9.97. The number of carbonyl (C=O) groups is 1. The van der Waals surface area contributed by atoms with Crippen molar-refractivity contribution in [2.24, 2.45) is 0 Å².